The van der Waals surface area contributed by atoms with Crippen molar-refractivity contribution in [3.05, 3.63) is 6.04 Å². The first-order chi connectivity index (χ1) is 12.6. The molecule has 0 bridgehead atoms. The number of unbranched alkanes of at least 4 members (excludes halogenated alkanes) is 3. The summed E-state index contributed by atoms with van der Waals surface area (Å²) >= 11 is 0. The van der Waals surface area contributed by atoms with Crippen LogP contribution in [0.25, 0.3) is 0 Å². The van der Waals surface area contributed by atoms with Crippen molar-refractivity contribution in [3.8, 4) is 0 Å². The standard InChI is InChI=1S/C25H52N/c1-7-13-16-22(10-4)19-25(20-23(11-5)17-14-8-2)26-21-24(12-6)18-15-9-3/h22-24,26H,7-21H2,1-6H3. The fourth-order valence-electron chi connectivity index (χ4n) is 4.04. The molecule has 3 atom stereocenters. The zero-order valence-electron chi connectivity index (χ0n) is 19.3. The van der Waals surface area contributed by atoms with Crippen LogP contribution in [-0.4, -0.2) is 6.54 Å². The molecule has 1 heteroatoms. The van der Waals surface area contributed by atoms with Gasteiger partial charge in [0, 0.05) is 6.04 Å². The minimum atomic E-state index is 0.858. The first-order valence-corrected chi connectivity index (χ1v) is 12.2. The fraction of sp³-hybridized carbons (Fsp3) is 0.960. The zero-order chi connectivity index (χ0) is 19.6. The van der Waals surface area contributed by atoms with Crippen LogP contribution in [0.3, 0.4) is 0 Å². The molecule has 0 aromatic carbocycles. The van der Waals surface area contributed by atoms with Crippen LogP contribution in [0.15, 0.2) is 0 Å². The van der Waals surface area contributed by atoms with E-state index < -0.39 is 0 Å². The molecule has 0 heterocycles. The average Bonchev–Trinajstić information content (AvgIpc) is 2.67. The van der Waals surface area contributed by atoms with Gasteiger partial charge in [-0.25, -0.2) is 0 Å². The van der Waals surface area contributed by atoms with Gasteiger partial charge in [0.1, 0.15) is 0 Å². The van der Waals surface area contributed by atoms with Crippen molar-refractivity contribution >= 4 is 0 Å². The summed E-state index contributed by atoms with van der Waals surface area (Å²) in [7, 11) is 0. The fourth-order valence-corrected chi connectivity index (χ4v) is 4.04. The van der Waals surface area contributed by atoms with Gasteiger partial charge in [-0.1, -0.05) is 112 Å². The zero-order valence-corrected chi connectivity index (χ0v) is 19.3. The van der Waals surface area contributed by atoms with Crippen molar-refractivity contribution < 1.29 is 0 Å². The quantitative estimate of drug-likeness (QED) is 0.241. The average molecular weight is 367 g/mol. The van der Waals surface area contributed by atoms with Gasteiger partial charge in [0.2, 0.25) is 0 Å². The van der Waals surface area contributed by atoms with E-state index in [-0.39, 0.29) is 0 Å². The second kappa shape index (κ2) is 18.3. The van der Waals surface area contributed by atoms with E-state index in [0.717, 1.165) is 17.8 Å². The molecular formula is C25H52N. The summed E-state index contributed by atoms with van der Waals surface area (Å²) < 4.78 is 0. The molecule has 1 nitrogen and oxygen atoms in total. The van der Waals surface area contributed by atoms with Gasteiger partial charge in [0.05, 0.1) is 0 Å². The van der Waals surface area contributed by atoms with Gasteiger partial charge in [-0.3, -0.25) is 0 Å². The Morgan fingerprint density at radius 3 is 1.31 bits per heavy atom. The van der Waals surface area contributed by atoms with Crippen LogP contribution in [-0.2, 0) is 0 Å². The highest BCUT2D eigenvalue weighted by atomic mass is 14.9. The molecule has 1 radical (unpaired) electrons. The lowest BCUT2D eigenvalue weighted by Gasteiger charge is -2.28. The molecule has 0 saturated carbocycles. The third kappa shape index (κ3) is 13.2. The summed E-state index contributed by atoms with van der Waals surface area (Å²) in [4.78, 5) is 0. The van der Waals surface area contributed by atoms with E-state index in [1.54, 1.807) is 6.04 Å². The summed E-state index contributed by atoms with van der Waals surface area (Å²) in [6, 6.07) is 1.69. The van der Waals surface area contributed by atoms with Crippen molar-refractivity contribution in [2.45, 2.75) is 131 Å². The third-order valence-corrected chi connectivity index (χ3v) is 6.34. The van der Waals surface area contributed by atoms with Gasteiger partial charge in [0.15, 0.2) is 0 Å². The van der Waals surface area contributed by atoms with Crippen LogP contribution in [0.5, 0.6) is 0 Å². The van der Waals surface area contributed by atoms with Crippen LogP contribution in [0.4, 0.5) is 0 Å². The molecule has 0 amide bonds. The highest BCUT2D eigenvalue weighted by molar-refractivity contribution is 4.91. The molecule has 0 aliphatic rings. The van der Waals surface area contributed by atoms with Gasteiger partial charge in [-0.2, -0.15) is 0 Å². The molecular weight excluding hydrogens is 314 g/mol. The molecule has 0 aliphatic carbocycles. The second-order valence-corrected chi connectivity index (χ2v) is 8.64. The third-order valence-electron chi connectivity index (χ3n) is 6.34. The van der Waals surface area contributed by atoms with Gasteiger partial charge in [-0.15, -0.1) is 0 Å². The van der Waals surface area contributed by atoms with Crippen molar-refractivity contribution in [2.24, 2.45) is 17.8 Å². The van der Waals surface area contributed by atoms with Crippen LogP contribution in [0, 0.1) is 23.8 Å². The van der Waals surface area contributed by atoms with Gasteiger partial charge < -0.3 is 5.32 Å². The van der Waals surface area contributed by atoms with E-state index in [1.165, 1.54) is 96.4 Å². The highest BCUT2D eigenvalue weighted by Gasteiger charge is 2.20. The first-order valence-electron chi connectivity index (χ1n) is 12.2. The van der Waals surface area contributed by atoms with E-state index in [1.807, 2.05) is 0 Å². The summed E-state index contributed by atoms with van der Waals surface area (Å²) in [5, 5.41) is 3.98. The number of rotatable bonds is 19. The van der Waals surface area contributed by atoms with E-state index in [2.05, 4.69) is 46.9 Å². The maximum absolute atomic E-state index is 3.98. The van der Waals surface area contributed by atoms with Gasteiger partial charge in [-0.05, 0) is 43.6 Å². The first kappa shape index (κ1) is 26.0. The number of hydrogen-bond donors (Lipinski definition) is 1. The summed E-state index contributed by atoms with van der Waals surface area (Å²) in [5.41, 5.74) is 0. The Morgan fingerprint density at radius 1 is 0.577 bits per heavy atom. The second-order valence-electron chi connectivity index (χ2n) is 8.64. The number of hydrogen-bond acceptors (Lipinski definition) is 1. The smallest absolute Gasteiger partial charge is 0.0369 e. The molecule has 0 spiro atoms. The Morgan fingerprint density at radius 2 is 0.962 bits per heavy atom. The Bertz CT molecular complexity index is 257. The van der Waals surface area contributed by atoms with E-state index in [9.17, 15) is 0 Å². The minimum Gasteiger partial charge on any atom is -0.309 e. The Hall–Kier alpha value is -0.0400. The Kier molecular flexibility index (Phi) is 18.3. The van der Waals surface area contributed by atoms with Crippen molar-refractivity contribution in [1.82, 2.24) is 5.32 Å². The lowest BCUT2D eigenvalue weighted by molar-refractivity contribution is 0.333. The van der Waals surface area contributed by atoms with Crippen LogP contribution in [0.1, 0.15) is 131 Å². The maximum atomic E-state index is 3.98. The monoisotopic (exact) mass is 366 g/mol. The predicted octanol–water partition coefficient (Wildman–Crippen LogP) is 8.54. The minimum absolute atomic E-state index is 0.858. The molecule has 1 N–H and O–H groups in total. The van der Waals surface area contributed by atoms with Crippen LogP contribution >= 0.6 is 0 Å². The highest BCUT2D eigenvalue weighted by Crippen LogP contribution is 2.29. The Balaban J connectivity index is 4.72. The topological polar surface area (TPSA) is 12.0 Å². The molecule has 0 aliphatic heterocycles. The van der Waals surface area contributed by atoms with E-state index in [0.29, 0.717) is 0 Å². The summed E-state index contributed by atoms with van der Waals surface area (Å²) in [5.74, 6) is 2.63. The Labute approximate surface area is 167 Å². The largest absolute Gasteiger partial charge is 0.309 e. The van der Waals surface area contributed by atoms with E-state index in [4.69, 9.17) is 0 Å². The molecule has 157 valence electrons. The molecule has 0 fully saturated rings. The molecule has 0 rings (SSSR count). The lowest BCUT2D eigenvalue weighted by Crippen LogP contribution is -2.30. The van der Waals surface area contributed by atoms with Gasteiger partial charge >= 0.3 is 0 Å². The normalized spacial score (nSPS) is 15.3. The summed E-state index contributed by atoms with van der Waals surface area (Å²) in [6.45, 7) is 15.3. The lowest BCUT2D eigenvalue weighted by atomic mass is 9.85. The van der Waals surface area contributed by atoms with Crippen molar-refractivity contribution in [3.63, 3.8) is 0 Å². The number of nitrogens with one attached hydrogen (secondary N) is 1. The van der Waals surface area contributed by atoms with Crippen molar-refractivity contribution in [1.29, 1.82) is 0 Å². The maximum Gasteiger partial charge on any atom is 0.0369 e. The molecule has 3 unspecified atom stereocenters. The molecule has 0 aromatic rings. The molecule has 26 heavy (non-hydrogen) atoms. The summed E-state index contributed by atoms with van der Waals surface area (Å²) in [6.07, 6.45) is 19.0. The molecule has 0 aromatic heterocycles. The molecule has 0 saturated heterocycles. The van der Waals surface area contributed by atoms with E-state index >= 15 is 0 Å². The predicted molar refractivity (Wildman–Crippen MR) is 120 cm³/mol. The SMILES string of the molecule is CCCCC(CC)CN[C](CC(CC)CCCC)CC(CC)CCCC. The van der Waals surface area contributed by atoms with Crippen LogP contribution < -0.4 is 5.32 Å². The van der Waals surface area contributed by atoms with Crippen LogP contribution in [0.2, 0.25) is 0 Å². The van der Waals surface area contributed by atoms with Gasteiger partial charge in [0.25, 0.3) is 0 Å². The van der Waals surface area contributed by atoms with Crippen molar-refractivity contribution in [2.75, 3.05) is 6.54 Å².